The van der Waals surface area contributed by atoms with Crippen LogP contribution in [0, 0.1) is 0 Å². The van der Waals surface area contributed by atoms with Gasteiger partial charge in [-0.2, -0.15) is 0 Å². The number of amides is 1. The molecule has 0 saturated carbocycles. The zero-order valence-electron chi connectivity index (χ0n) is 12.6. The molecule has 2 saturated heterocycles. The van der Waals surface area contributed by atoms with Crippen LogP contribution in [0.3, 0.4) is 0 Å². The molecule has 22 heavy (non-hydrogen) atoms. The number of halogens is 2. The highest BCUT2D eigenvalue weighted by Gasteiger charge is 2.43. The summed E-state index contributed by atoms with van der Waals surface area (Å²) >= 11 is 0. The fraction of sp³-hybridized carbons (Fsp3) is 0.533. The van der Waals surface area contributed by atoms with Gasteiger partial charge in [0.05, 0.1) is 13.7 Å². The van der Waals surface area contributed by atoms with Crippen molar-refractivity contribution in [1.29, 1.82) is 0 Å². The highest BCUT2D eigenvalue weighted by Crippen LogP contribution is 2.29. The van der Waals surface area contributed by atoms with Gasteiger partial charge in [-0.1, -0.05) is 12.1 Å². The van der Waals surface area contributed by atoms with E-state index in [-0.39, 0.29) is 36.3 Å². The largest absolute Gasteiger partial charge is 0.497 e. The molecule has 2 fully saturated rings. The van der Waals surface area contributed by atoms with Gasteiger partial charge in [0.15, 0.2) is 0 Å². The number of hydrogen-bond acceptors (Lipinski definition) is 4. The van der Waals surface area contributed by atoms with Crippen molar-refractivity contribution in [1.82, 2.24) is 15.8 Å². The maximum absolute atomic E-state index is 12.2. The number of carbonyl (C=O) groups excluding carboxylic acids is 1. The zero-order chi connectivity index (χ0) is 14.0. The lowest BCUT2D eigenvalue weighted by Crippen LogP contribution is -2.51. The summed E-state index contributed by atoms with van der Waals surface area (Å²) in [4.78, 5) is 12.2. The maximum Gasteiger partial charge on any atom is 0.238 e. The van der Waals surface area contributed by atoms with Crippen LogP contribution in [0.5, 0.6) is 5.75 Å². The van der Waals surface area contributed by atoms with Crippen molar-refractivity contribution in [3.05, 3.63) is 29.8 Å². The van der Waals surface area contributed by atoms with Crippen LogP contribution < -0.4 is 15.5 Å². The highest BCUT2D eigenvalue weighted by atomic mass is 35.5. The number of nitrogens with zero attached hydrogens (tertiary/aromatic N) is 1. The molecule has 0 bridgehead atoms. The fourth-order valence-corrected chi connectivity index (χ4v) is 3.01. The monoisotopic (exact) mass is 347 g/mol. The van der Waals surface area contributed by atoms with Crippen molar-refractivity contribution in [2.75, 3.05) is 20.2 Å². The number of benzene rings is 1. The van der Waals surface area contributed by atoms with Gasteiger partial charge in [0.2, 0.25) is 5.91 Å². The average molecular weight is 348 g/mol. The van der Waals surface area contributed by atoms with E-state index in [9.17, 15) is 4.79 Å². The number of ether oxygens (including phenoxy) is 1. The zero-order valence-corrected chi connectivity index (χ0v) is 14.3. The smallest absolute Gasteiger partial charge is 0.238 e. The van der Waals surface area contributed by atoms with E-state index in [1.54, 1.807) is 12.1 Å². The molecule has 0 aliphatic carbocycles. The number of methoxy groups -OCH3 is 1. The molecule has 7 heteroatoms. The van der Waals surface area contributed by atoms with Gasteiger partial charge in [-0.25, -0.2) is 5.43 Å². The Morgan fingerprint density at radius 2 is 1.82 bits per heavy atom. The summed E-state index contributed by atoms with van der Waals surface area (Å²) in [6.45, 7) is 2.57. The first-order valence-corrected chi connectivity index (χ1v) is 7.13. The SMILES string of the molecule is COc1ccc(CN2NC3(CCNCC3)CC2=O)cc1.Cl.Cl. The number of hydrogen-bond donors (Lipinski definition) is 2. The second-order valence-corrected chi connectivity index (χ2v) is 5.65. The minimum atomic E-state index is -0.0190. The van der Waals surface area contributed by atoms with E-state index in [2.05, 4.69) is 10.7 Å². The van der Waals surface area contributed by atoms with Gasteiger partial charge in [-0.3, -0.25) is 9.80 Å². The van der Waals surface area contributed by atoms with Crippen LogP contribution >= 0.6 is 24.8 Å². The molecule has 0 atom stereocenters. The lowest BCUT2D eigenvalue weighted by atomic mass is 9.87. The van der Waals surface area contributed by atoms with Gasteiger partial charge in [-0.05, 0) is 43.6 Å². The second-order valence-electron chi connectivity index (χ2n) is 5.65. The Balaban J connectivity index is 0.00000121. The van der Waals surface area contributed by atoms with Crippen LogP contribution in [0.25, 0.3) is 0 Å². The van der Waals surface area contributed by atoms with E-state index in [1.165, 1.54) is 0 Å². The lowest BCUT2D eigenvalue weighted by Gasteiger charge is -2.34. The summed E-state index contributed by atoms with van der Waals surface area (Å²) in [5.41, 5.74) is 4.54. The summed E-state index contributed by atoms with van der Waals surface area (Å²) in [5, 5.41) is 5.12. The Morgan fingerprint density at radius 1 is 1.18 bits per heavy atom. The van der Waals surface area contributed by atoms with Gasteiger partial charge in [0.1, 0.15) is 5.75 Å². The first-order valence-electron chi connectivity index (χ1n) is 7.13. The molecule has 0 unspecified atom stereocenters. The Hall–Kier alpha value is -1.01. The Labute approximate surface area is 143 Å². The van der Waals surface area contributed by atoms with Gasteiger partial charge in [0.25, 0.3) is 0 Å². The highest BCUT2D eigenvalue weighted by molar-refractivity contribution is 5.85. The van der Waals surface area contributed by atoms with Crippen LogP contribution in [0.4, 0.5) is 0 Å². The van der Waals surface area contributed by atoms with Crippen molar-refractivity contribution < 1.29 is 9.53 Å². The topological polar surface area (TPSA) is 53.6 Å². The molecule has 1 aromatic carbocycles. The van der Waals surface area contributed by atoms with E-state index in [1.807, 2.05) is 24.3 Å². The molecule has 2 N–H and O–H groups in total. The maximum atomic E-state index is 12.2. The summed E-state index contributed by atoms with van der Waals surface area (Å²) < 4.78 is 5.15. The molecule has 0 aromatic heterocycles. The second kappa shape index (κ2) is 8.02. The van der Waals surface area contributed by atoms with Crippen LogP contribution in [0.1, 0.15) is 24.8 Å². The molecule has 1 spiro atoms. The molecule has 2 aliphatic rings. The van der Waals surface area contributed by atoms with Gasteiger partial charge in [-0.15, -0.1) is 24.8 Å². The lowest BCUT2D eigenvalue weighted by molar-refractivity contribution is -0.130. The number of rotatable bonds is 3. The molecule has 3 rings (SSSR count). The third-order valence-corrected chi connectivity index (χ3v) is 4.22. The molecule has 1 aromatic rings. The van der Waals surface area contributed by atoms with Crippen molar-refractivity contribution >= 4 is 30.7 Å². The predicted octanol–water partition coefficient (Wildman–Crippen LogP) is 1.90. The quantitative estimate of drug-likeness (QED) is 0.876. The van der Waals surface area contributed by atoms with E-state index in [0.717, 1.165) is 37.2 Å². The van der Waals surface area contributed by atoms with Gasteiger partial charge >= 0.3 is 0 Å². The summed E-state index contributed by atoms with van der Waals surface area (Å²) in [6, 6.07) is 7.86. The number of hydrazine groups is 1. The normalized spacial score (nSPS) is 19.5. The van der Waals surface area contributed by atoms with E-state index in [0.29, 0.717) is 13.0 Å². The molecule has 2 heterocycles. The Kier molecular flexibility index (Phi) is 6.94. The van der Waals surface area contributed by atoms with Gasteiger partial charge < -0.3 is 10.1 Å². The first-order chi connectivity index (χ1) is 9.71. The van der Waals surface area contributed by atoms with Crippen molar-refractivity contribution in [3.63, 3.8) is 0 Å². The van der Waals surface area contributed by atoms with Crippen LogP contribution in [-0.4, -0.2) is 36.7 Å². The van der Waals surface area contributed by atoms with Crippen molar-refractivity contribution in [2.45, 2.75) is 31.3 Å². The molecular weight excluding hydrogens is 325 g/mol. The number of carbonyl (C=O) groups is 1. The third-order valence-electron chi connectivity index (χ3n) is 4.22. The van der Waals surface area contributed by atoms with Crippen LogP contribution in [-0.2, 0) is 11.3 Å². The fourth-order valence-electron chi connectivity index (χ4n) is 3.01. The molecule has 124 valence electrons. The molecule has 5 nitrogen and oxygen atoms in total. The standard InChI is InChI=1S/C15H21N3O2.2ClH/c1-20-13-4-2-12(3-5-13)11-18-14(19)10-15(17-18)6-8-16-9-7-15;;/h2-5,16-17H,6-11H2,1H3;2*1H. The minimum absolute atomic E-state index is 0. The molecular formula is C15H23Cl2N3O2. The Morgan fingerprint density at radius 3 is 2.41 bits per heavy atom. The predicted molar refractivity (Wildman–Crippen MR) is 90.6 cm³/mol. The van der Waals surface area contributed by atoms with E-state index >= 15 is 0 Å². The van der Waals surface area contributed by atoms with Crippen LogP contribution in [0.15, 0.2) is 24.3 Å². The number of nitrogens with one attached hydrogen (secondary N) is 2. The minimum Gasteiger partial charge on any atom is -0.497 e. The summed E-state index contributed by atoms with van der Waals surface area (Å²) in [6.07, 6.45) is 2.64. The average Bonchev–Trinajstić information content (AvgIpc) is 2.76. The Bertz CT molecular complexity index is 490. The molecule has 0 radical (unpaired) electrons. The van der Waals surface area contributed by atoms with Crippen molar-refractivity contribution in [3.8, 4) is 5.75 Å². The third kappa shape index (κ3) is 4.04. The van der Waals surface area contributed by atoms with Crippen molar-refractivity contribution in [2.24, 2.45) is 0 Å². The first kappa shape index (κ1) is 19.0. The summed E-state index contributed by atoms with van der Waals surface area (Å²) in [7, 11) is 1.65. The van der Waals surface area contributed by atoms with E-state index < -0.39 is 0 Å². The molecule has 1 amide bonds. The molecule has 2 aliphatic heterocycles. The van der Waals surface area contributed by atoms with E-state index in [4.69, 9.17) is 4.74 Å². The summed E-state index contributed by atoms with van der Waals surface area (Å²) in [5.74, 6) is 1.03. The van der Waals surface area contributed by atoms with Gasteiger partial charge in [0, 0.05) is 12.0 Å². The van der Waals surface area contributed by atoms with Crippen LogP contribution in [0.2, 0.25) is 0 Å². The number of piperidine rings is 1.